The normalized spacial score (nSPS) is 20.4. The van der Waals surface area contributed by atoms with E-state index in [2.05, 4.69) is 5.32 Å². The quantitative estimate of drug-likeness (QED) is 0.812. The van der Waals surface area contributed by atoms with Gasteiger partial charge in [-0.2, -0.15) is 0 Å². The fourth-order valence-corrected chi connectivity index (χ4v) is 2.08. The number of carbonyl (C=O) groups excluding carboxylic acids is 1. The van der Waals surface area contributed by atoms with Gasteiger partial charge in [0.1, 0.15) is 0 Å². The highest BCUT2D eigenvalue weighted by Gasteiger charge is 2.23. The van der Waals surface area contributed by atoms with Gasteiger partial charge >= 0.3 is 12.0 Å². The summed E-state index contributed by atoms with van der Waals surface area (Å²) < 4.78 is 0. The van der Waals surface area contributed by atoms with Crippen LogP contribution in [0.5, 0.6) is 0 Å². The third kappa shape index (κ3) is 4.55. The highest BCUT2D eigenvalue weighted by atomic mass is 16.4. The first kappa shape index (κ1) is 14.8. The molecule has 5 nitrogen and oxygen atoms in total. The lowest BCUT2D eigenvalue weighted by molar-refractivity contribution is -0.141. The topological polar surface area (TPSA) is 69.6 Å². The van der Waals surface area contributed by atoms with Crippen molar-refractivity contribution in [2.75, 3.05) is 13.1 Å². The molecule has 2 amide bonds. The molecule has 1 aliphatic heterocycles. The van der Waals surface area contributed by atoms with Gasteiger partial charge in [0.2, 0.25) is 0 Å². The van der Waals surface area contributed by atoms with Crippen LogP contribution in [-0.2, 0) is 4.79 Å². The van der Waals surface area contributed by atoms with Gasteiger partial charge in [-0.15, -0.1) is 0 Å². The van der Waals surface area contributed by atoms with E-state index in [0.29, 0.717) is 0 Å². The van der Waals surface area contributed by atoms with Crippen molar-refractivity contribution >= 4 is 12.0 Å². The SMILES string of the molecule is CC(NC(=O)N1CCCCCCC1)C(C)C(=O)O. The molecule has 1 saturated heterocycles. The van der Waals surface area contributed by atoms with E-state index in [1.807, 2.05) is 4.90 Å². The molecule has 0 spiro atoms. The van der Waals surface area contributed by atoms with Crippen molar-refractivity contribution in [2.24, 2.45) is 5.92 Å². The van der Waals surface area contributed by atoms with Crippen LogP contribution in [0, 0.1) is 5.92 Å². The summed E-state index contributed by atoms with van der Waals surface area (Å²) in [4.78, 5) is 24.7. The molecular formula is C13H24N2O3. The van der Waals surface area contributed by atoms with E-state index < -0.39 is 11.9 Å². The van der Waals surface area contributed by atoms with Crippen molar-refractivity contribution < 1.29 is 14.7 Å². The first-order valence-electron chi connectivity index (χ1n) is 6.80. The second-order valence-corrected chi connectivity index (χ2v) is 5.12. The van der Waals surface area contributed by atoms with Crippen molar-refractivity contribution in [3.05, 3.63) is 0 Å². The molecule has 0 aromatic carbocycles. The number of amides is 2. The van der Waals surface area contributed by atoms with Crippen molar-refractivity contribution in [1.29, 1.82) is 0 Å². The fourth-order valence-electron chi connectivity index (χ4n) is 2.08. The molecule has 1 aliphatic rings. The minimum absolute atomic E-state index is 0.127. The number of carboxylic acids is 1. The van der Waals surface area contributed by atoms with Crippen LogP contribution < -0.4 is 5.32 Å². The molecule has 2 unspecified atom stereocenters. The summed E-state index contributed by atoms with van der Waals surface area (Å²) in [5.41, 5.74) is 0. The van der Waals surface area contributed by atoms with Gasteiger partial charge < -0.3 is 15.3 Å². The summed E-state index contributed by atoms with van der Waals surface area (Å²) in [5.74, 6) is -1.45. The Morgan fingerprint density at radius 1 is 1.06 bits per heavy atom. The van der Waals surface area contributed by atoms with Crippen LogP contribution in [0.1, 0.15) is 46.0 Å². The van der Waals surface area contributed by atoms with Gasteiger partial charge in [0.05, 0.1) is 5.92 Å². The molecule has 2 N–H and O–H groups in total. The molecule has 104 valence electrons. The smallest absolute Gasteiger partial charge is 0.317 e. The van der Waals surface area contributed by atoms with Gasteiger partial charge in [-0.05, 0) is 26.7 Å². The molecule has 0 saturated carbocycles. The Morgan fingerprint density at radius 3 is 2.06 bits per heavy atom. The summed E-state index contributed by atoms with van der Waals surface area (Å²) in [6, 6.07) is -0.474. The first-order chi connectivity index (χ1) is 8.52. The Balaban J connectivity index is 2.44. The average molecular weight is 256 g/mol. The molecule has 5 heteroatoms. The number of urea groups is 1. The number of hydrogen-bond acceptors (Lipinski definition) is 2. The van der Waals surface area contributed by atoms with E-state index in [4.69, 9.17) is 5.11 Å². The summed E-state index contributed by atoms with van der Waals surface area (Å²) in [6.45, 7) is 4.90. The summed E-state index contributed by atoms with van der Waals surface area (Å²) in [5, 5.41) is 11.7. The second kappa shape index (κ2) is 7.24. The number of rotatable bonds is 3. The zero-order valence-corrected chi connectivity index (χ0v) is 11.3. The Labute approximate surface area is 109 Å². The number of likely N-dealkylation sites (tertiary alicyclic amines) is 1. The number of carboxylic acid groups (broad SMARTS) is 1. The fraction of sp³-hybridized carbons (Fsp3) is 0.846. The number of aliphatic carboxylic acids is 1. The van der Waals surface area contributed by atoms with Gasteiger partial charge in [-0.3, -0.25) is 4.79 Å². The van der Waals surface area contributed by atoms with Crippen LogP contribution >= 0.6 is 0 Å². The van der Waals surface area contributed by atoms with E-state index >= 15 is 0 Å². The Hall–Kier alpha value is -1.26. The average Bonchev–Trinajstić information content (AvgIpc) is 2.26. The second-order valence-electron chi connectivity index (χ2n) is 5.12. The summed E-state index contributed by atoms with van der Waals surface area (Å²) in [7, 11) is 0. The first-order valence-corrected chi connectivity index (χ1v) is 6.80. The van der Waals surface area contributed by atoms with Gasteiger partial charge in [-0.1, -0.05) is 19.3 Å². The number of nitrogens with one attached hydrogen (secondary N) is 1. The third-order valence-corrected chi connectivity index (χ3v) is 3.63. The highest BCUT2D eigenvalue weighted by Crippen LogP contribution is 2.11. The molecular weight excluding hydrogens is 232 g/mol. The van der Waals surface area contributed by atoms with Gasteiger partial charge in [0.25, 0.3) is 0 Å². The third-order valence-electron chi connectivity index (χ3n) is 3.63. The Bertz CT molecular complexity index is 286. The number of hydrogen-bond donors (Lipinski definition) is 2. The molecule has 0 aromatic rings. The maximum Gasteiger partial charge on any atom is 0.317 e. The van der Waals surface area contributed by atoms with Crippen LogP contribution in [-0.4, -0.2) is 41.1 Å². The molecule has 2 atom stereocenters. The van der Waals surface area contributed by atoms with Crippen LogP contribution in [0.25, 0.3) is 0 Å². The standard InChI is InChI=1S/C13H24N2O3/c1-10(12(16)17)11(2)14-13(18)15-8-6-4-3-5-7-9-15/h10-11H,3-9H2,1-2H3,(H,14,18)(H,16,17). The predicted octanol–water partition coefficient (Wildman–Crippen LogP) is 2.07. The van der Waals surface area contributed by atoms with Crippen LogP contribution in [0.2, 0.25) is 0 Å². The molecule has 0 aromatic heterocycles. The summed E-state index contributed by atoms with van der Waals surface area (Å²) in [6.07, 6.45) is 5.67. The zero-order chi connectivity index (χ0) is 13.5. The number of nitrogens with zero attached hydrogens (tertiary/aromatic N) is 1. The van der Waals surface area contributed by atoms with Crippen molar-refractivity contribution in [1.82, 2.24) is 10.2 Å². The van der Waals surface area contributed by atoms with Crippen LogP contribution in [0.4, 0.5) is 4.79 Å². The van der Waals surface area contributed by atoms with Gasteiger partial charge in [0.15, 0.2) is 0 Å². The van der Waals surface area contributed by atoms with Crippen LogP contribution in [0.3, 0.4) is 0 Å². The molecule has 0 aliphatic carbocycles. The van der Waals surface area contributed by atoms with Crippen molar-refractivity contribution in [2.45, 2.75) is 52.0 Å². The Kier molecular flexibility index (Phi) is 5.95. The molecule has 18 heavy (non-hydrogen) atoms. The molecule has 0 radical (unpaired) electrons. The van der Waals surface area contributed by atoms with E-state index in [-0.39, 0.29) is 12.1 Å². The maximum atomic E-state index is 12.0. The predicted molar refractivity (Wildman–Crippen MR) is 69.5 cm³/mol. The summed E-state index contributed by atoms with van der Waals surface area (Å²) >= 11 is 0. The minimum atomic E-state index is -0.879. The van der Waals surface area contributed by atoms with Crippen LogP contribution in [0.15, 0.2) is 0 Å². The van der Waals surface area contributed by atoms with Gasteiger partial charge in [-0.25, -0.2) is 4.79 Å². The number of carbonyl (C=O) groups is 2. The van der Waals surface area contributed by atoms with Crippen molar-refractivity contribution in [3.8, 4) is 0 Å². The molecule has 0 bridgehead atoms. The van der Waals surface area contributed by atoms with E-state index in [9.17, 15) is 9.59 Å². The molecule has 1 rings (SSSR count). The van der Waals surface area contributed by atoms with Gasteiger partial charge in [0, 0.05) is 19.1 Å². The Morgan fingerprint density at radius 2 is 1.56 bits per heavy atom. The lowest BCUT2D eigenvalue weighted by Crippen LogP contribution is -2.48. The van der Waals surface area contributed by atoms with E-state index in [0.717, 1.165) is 25.9 Å². The largest absolute Gasteiger partial charge is 0.481 e. The maximum absolute atomic E-state index is 12.0. The van der Waals surface area contributed by atoms with E-state index in [1.165, 1.54) is 19.3 Å². The van der Waals surface area contributed by atoms with E-state index in [1.54, 1.807) is 13.8 Å². The minimum Gasteiger partial charge on any atom is -0.481 e. The monoisotopic (exact) mass is 256 g/mol. The lowest BCUT2D eigenvalue weighted by Gasteiger charge is -2.27. The lowest BCUT2D eigenvalue weighted by atomic mass is 10.0. The highest BCUT2D eigenvalue weighted by molar-refractivity contribution is 5.76. The molecule has 1 fully saturated rings. The zero-order valence-electron chi connectivity index (χ0n) is 11.3. The van der Waals surface area contributed by atoms with Crippen molar-refractivity contribution in [3.63, 3.8) is 0 Å². The molecule has 1 heterocycles.